The number of nitrogens with zero attached hydrogens (tertiary/aromatic N) is 5. The Morgan fingerprint density at radius 2 is 1.96 bits per heavy atom. The fourth-order valence-corrected chi connectivity index (χ4v) is 3.44. The Hall–Kier alpha value is -2.49. The van der Waals surface area contributed by atoms with Crippen LogP contribution in [0.1, 0.15) is 37.9 Å². The van der Waals surface area contributed by atoms with Crippen molar-refractivity contribution in [1.29, 1.82) is 0 Å². The predicted molar refractivity (Wildman–Crippen MR) is 92.0 cm³/mol. The molecule has 10 nitrogen and oxygen atoms in total. The SMILES string of the molecule is COCc1noc(CN2C(=O)CN(CCCN3CCCC3=O)C(=O)[C@@H]2C)n1. The van der Waals surface area contributed by atoms with Crippen LogP contribution in [-0.4, -0.2) is 81.9 Å². The molecule has 0 saturated carbocycles. The zero-order valence-corrected chi connectivity index (χ0v) is 15.7. The molecule has 2 saturated heterocycles. The van der Waals surface area contributed by atoms with E-state index < -0.39 is 6.04 Å². The van der Waals surface area contributed by atoms with Crippen LogP contribution in [0, 0.1) is 0 Å². The third-order valence-corrected chi connectivity index (χ3v) is 4.90. The maximum Gasteiger partial charge on any atom is 0.246 e. The van der Waals surface area contributed by atoms with Gasteiger partial charge >= 0.3 is 0 Å². The highest BCUT2D eigenvalue weighted by molar-refractivity contribution is 5.94. The number of amides is 3. The fraction of sp³-hybridized carbons (Fsp3) is 0.706. The number of likely N-dealkylation sites (tertiary alicyclic amines) is 1. The molecule has 0 unspecified atom stereocenters. The van der Waals surface area contributed by atoms with Crippen molar-refractivity contribution < 1.29 is 23.6 Å². The lowest BCUT2D eigenvalue weighted by molar-refractivity contribution is -0.156. The van der Waals surface area contributed by atoms with Gasteiger partial charge in [-0.1, -0.05) is 5.16 Å². The van der Waals surface area contributed by atoms with Crippen LogP contribution in [0.3, 0.4) is 0 Å². The quantitative estimate of drug-likeness (QED) is 0.615. The smallest absolute Gasteiger partial charge is 0.246 e. The van der Waals surface area contributed by atoms with E-state index in [-0.39, 0.29) is 43.3 Å². The summed E-state index contributed by atoms with van der Waals surface area (Å²) in [6.45, 7) is 3.91. The largest absolute Gasteiger partial charge is 0.377 e. The van der Waals surface area contributed by atoms with Crippen LogP contribution in [0.4, 0.5) is 0 Å². The Balaban J connectivity index is 1.52. The van der Waals surface area contributed by atoms with Crippen LogP contribution in [0.2, 0.25) is 0 Å². The Bertz CT molecular complexity index is 706. The zero-order valence-electron chi connectivity index (χ0n) is 15.7. The highest BCUT2D eigenvalue weighted by Gasteiger charge is 2.37. The predicted octanol–water partition coefficient (Wildman–Crippen LogP) is -0.212. The van der Waals surface area contributed by atoms with Gasteiger partial charge in [-0.3, -0.25) is 14.4 Å². The molecule has 0 bridgehead atoms. The number of rotatable bonds is 8. The molecular weight excluding hydrogens is 354 g/mol. The van der Waals surface area contributed by atoms with Gasteiger partial charge < -0.3 is 24.0 Å². The minimum absolute atomic E-state index is 0.0240. The summed E-state index contributed by atoms with van der Waals surface area (Å²) in [7, 11) is 1.53. The highest BCUT2D eigenvalue weighted by atomic mass is 16.5. The van der Waals surface area contributed by atoms with E-state index in [1.54, 1.807) is 11.8 Å². The van der Waals surface area contributed by atoms with Gasteiger partial charge in [0.2, 0.25) is 23.6 Å². The van der Waals surface area contributed by atoms with Crippen molar-refractivity contribution >= 4 is 17.7 Å². The molecule has 2 aliphatic heterocycles. The van der Waals surface area contributed by atoms with Gasteiger partial charge in [0.25, 0.3) is 0 Å². The number of ether oxygens (including phenoxy) is 1. The Kier molecular flexibility index (Phi) is 6.04. The number of aromatic nitrogens is 2. The van der Waals surface area contributed by atoms with Crippen molar-refractivity contribution in [3.8, 4) is 0 Å². The molecule has 2 aliphatic rings. The minimum Gasteiger partial charge on any atom is -0.377 e. The molecule has 1 aromatic heterocycles. The number of hydrogen-bond donors (Lipinski definition) is 0. The van der Waals surface area contributed by atoms with E-state index in [0.717, 1.165) is 13.0 Å². The summed E-state index contributed by atoms with van der Waals surface area (Å²) in [6, 6.07) is -0.600. The lowest BCUT2D eigenvalue weighted by Gasteiger charge is -2.38. The van der Waals surface area contributed by atoms with Gasteiger partial charge in [0, 0.05) is 33.2 Å². The van der Waals surface area contributed by atoms with Crippen LogP contribution in [-0.2, 0) is 32.3 Å². The second-order valence-electron chi connectivity index (χ2n) is 6.83. The molecule has 27 heavy (non-hydrogen) atoms. The Morgan fingerprint density at radius 3 is 2.67 bits per heavy atom. The van der Waals surface area contributed by atoms with Crippen LogP contribution >= 0.6 is 0 Å². The topological polar surface area (TPSA) is 109 Å². The van der Waals surface area contributed by atoms with E-state index in [1.807, 2.05) is 4.90 Å². The van der Waals surface area contributed by atoms with Crippen LogP contribution in [0.5, 0.6) is 0 Å². The molecule has 1 aromatic rings. The lowest BCUT2D eigenvalue weighted by Crippen LogP contribution is -2.58. The van der Waals surface area contributed by atoms with Crippen molar-refractivity contribution in [3.05, 3.63) is 11.7 Å². The molecule has 3 heterocycles. The van der Waals surface area contributed by atoms with E-state index in [2.05, 4.69) is 10.1 Å². The van der Waals surface area contributed by atoms with Gasteiger partial charge in [0.1, 0.15) is 19.2 Å². The van der Waals surface area contributed by atoms with Crippen LogP contribution < -0.4 is 0 Å². The van der Waals surface area contributed by atoms with E-state index in [1.165, 1.54) is 12.0 Å². The van der Waals surface area contributed by atoms with Crippen molar-refractivity contribution in [2.24, 2.45) is 0 Å². The van der Waals surface area contributed by atoms with Crippen molar-refractivity contribution in [1.82, 2.24) is 24.8 Å². The van der Waals surface area contributed by atoms with Gasteiger partial charge in [0.15, 0.2) is 5.82 Å². The minimum atomic E-state index is -0.600. The Morgan fingerprint density at radius 1 is 1.19 bits per heavy atom. The maximum atomic E-state index is 12.6. The summed E-state index contributed by atoms with van der Waals surface area (Å²) >= 11 is 0. The summed E-state index contributed by atoms with van der Waals surface area (Å²) in [5, 5.41) is 3.76. The first kappa shape index (κ1) is 19.3. The monoisotopic (exact) mass is 379 g/mol. The van der Waals surface area contributed by atoms with Gasteiger partial charge in [-0.2, -0.15) is 4.98 Å². The van der Waals surface area contributed by atoms with E-state index in [4.69, 9.17) is 9.26 Å². The van der Waals surface area contributed by atoms with Gasteiger partial charge in [-0.15, -0.1) is 0 Å². The molecule has 2 fully saturated rings. The number of hydrogen-bond acceptors (Lipinski definition) is 7. The summed E-state index contributed by atoms with van der Waals surface area (Å²) < 4.78 is 10.0. The summed E-state index contributed by atoms with van der Waals surface area (Å²) in [6.07, 6.45) is 2.17. The van der Waals surface area contributed by atoms with Crippen LogP contribution in [0.25, 0.3) is 0 Å². The van der Waals surface area contributed by atoms with Gasteiger partial charge in [-0.25, -0.2) is 0 Å². The molecule has 0 radical (unpaired) electrons. The van der Waals surface area contributed by atoms with Crippen molar-refractivity contribution in [2.45, 2.75) is 45.4 Å². The first-order valence-corrected chi connectivity index (χ1v) is 9.16. The van der Waals surface area contributed by atoms with Crippen molar-refractivity contribution in [3.63, 3.8) is 0 Å². The first-order chi connectivity index (χ1) is 13.0. The standard InChI is InChI=1S/C17H25N5O5/c1-12-17(25)21(8-4-7-20-6-3-5-15(20)23)10-16(24)22(12)9-14-18-13(11-26-2)19-27-14/h12H,3-11H2,1-2H3/t12-/m0/s1. The lowest BCUT2D eigenvalue weighted by atomic mass is 10.1. The molecule has 0 aromatic carbocycles. The maximum absolute atomic E-state index is 12.6. The normalized spacial score (nSPS) is 20.9. The first-order valence-electron chi connectivity index (χ1n) is 9.16. The molecule has 0 N–H and O–H groups in total. The number of carbonyl (C=O) groups is 3. The molecule has 148 valence electrons. The molecule has 1 atom stereocenters. The Labute approximate surface area is 157 Å². The van der Waals surface area contributed by atoms with E-state index in [0.29, 0.717) is 31.8 Å². The molecule has 10 heteroatoms. The average molecular weight is 379 g/mol. The molecule has 3 rings (SSSR count). The highest BCUT2D eigenvalue weighted by Crippen LogP contribution is 2.17. The van der Waals surface area contributed by atoms with E-state index >= 15 is 0 Å². The van der Waals surface area contributed by atoms with Crippen LogP contribution in [0.15, 0.2) is 4.52 Å². The number of piperazine rings is 1. The van der Waals surface area contributed by atoms with E-state index in [9.17, 15) is 14.4 Å². The van der Waals surface area contributed by atoms with Gasteiger partial charge in [-0.05, 0) is 19.8 Å². The number of methoxy groups -OCH3 is 1. The second kappa shape index (κ2) is 8.47. The number of carbonyl (C=O) groups excluding carboxylic acids is 3. The molecule has 0 spiro atoms. The second-order valence-corrected chi connectivity index (χ2v) is 6.83. The fourth-order valence-electron chi connectivity index (χ4n) is 3.44. The summed E-state index contributed by atoms with van der Waals surface area (Å²) in [5.74, 6) is 0.567. The third kappa shape index (κ3) is 4.44. The summed E-state index contributed by atoms with van der Waals surface area (Å²) in [5.41, 5.74) is 0. The summed E-state index contributed by atoms with van der Waals surface area (Å²) in [4.78, 5) is 45.8. The molecule has 3 amide bonds. The van der Waals surface area contributed by atoms with Gasteiger partial charge in [0.05, 0.1) is 6.54 Å². The third-order valence-electron chi connectivity index (χ3n) is 4.90. The molecule has 0 aliphatic carbocycles. The average Bonchev–Trinajstić information content (AvgIpc) is 3.25. The molecular formula is C17H25N5O5. The zero-order chi connectivity index (χ0) is 19.4. The van der Waals surface area contributed by atoms with Crippen molar-refractivity contribution in [2.75, 3.05) is 33.3 Å².